The van der Waals surface area contributed by atoms with E-state index < -0.39 is 0 Å². The number of guanidine groups is 1. The normalized spacial score (nSPS) is 13.0. The molecule has 19 heavy (non-hydrogen) atoms. The van der Waals surface area contributed by atoms with Gasteiger partial charge in [0.1, 0.15) is 0 Å². The van der Waals surface area contributed by atoms with Crippen molar-refractivity contribution in [1.29, 1.82) is 0 Å². The van der Waals surface area contributed by atoms with Gasteiger partial charge in [0.25, 0.3) is 0 Å². The molecule has 0 aromatic heterocycles. The number of hydrogen-bond acceptors (Lipinski definition) is 2. The predicted molar refractivity (Wildman–Crippen MR) is 81.4 cm³/mol. The number of carbonyl (C=O) groups excluding carboxylic acids is 1. The molecule has 0 saturated carbocycles. The van der Waals surface area contributed by atoms with E-state index in [1.165, 1.54) is 0 Å². The number of nitrogens with one attached hydrogen (secondary N) is 2. The van der Waals surface area contributed by atoms with Crippen molar-refractivity contribution in [2.24, 2.45) is 4.99 Å². The van der Waals surface area contributed by atoms with Gasteiger partial charge in [0.2, 0.25) is 5.91 Å². The van der Waals surface area contributed by atoms with Gasteiger partial charge in [-0.3, -0.25) is 9.79 Å². The van der Waals surface area contributed by atoms with E-state index in [0.29, 0.717) is 19.0 Å². The quantitative estimate of drug-likeness (QED) is 0.520. The summed E-state index contributed by atoms with van der Waals surface area (Å²) in [5.74, 6) is 0.970. The topological polar surface area (TPSA) is 56.7 Å². The van der Waals surface area contributed by atoms with E-state index in [2.05, 4.69) is 29.5 Å². The molecule has 5 heteroatoms. The molecular formula is C14H30N4O. The van der Waals surface area contributed by atoms with Crippen molar-refractivity contribution in [3.63, 3.8) is 0 Å². The molecule has 1 atom stereocenters. The van der Waals surface area contributed by atoms with Crippen LogP contribution in [-0.2, 0) is 4.79 Å². The third-order valence-corrected chi connectivity index (χ3v) is 3.05. The van der Waals surface area contributed by atoms with Crippen LogP contribution >= 0.6 is 0 Å². The molecule has 0 saturated heterocycles. The van der Waals surface area contributed by atoms with Gasteiger partial charge >= 0.3 is 0 Å². The van der Waals surface area contributed by atoms with Crippen LogP contribution in [0.2, 0.25) is 0 Å². The van der Waals surface area contributed by atoms with E-state index >= 15 is 0 Å². The summed E-state index contributed by atoms with van der Waals surface area (Å²) in [5, 5.41) is 6.51. The second-order valence-corrected chi connectivity index (χ2v) is 4.53. The summed E-state index contributed by atoms with van der Waals surface area (Å²) in [7, 11) is 0. The summed E-state index contributed by atoms with van der Waals surface area (Å²) >= 11 is 0. The maximum absolute atomic E-state index is 11.8. The SMILES string of the molecule is CCNC(=NCCC(=O)N(CC)CC)N[C@@H](C)CC. The first kappa shape index (κ1) is 17.7. The van der Waals surface area contributed by atoms with Gasteiger partial charge < -0.3 is 15.5 Å². The number of hydrogen-bond donors (Lipinski definition) is 2. The molecule has 0 aromatic rings. The molecule has 0 bridgehead atoms. The van der Waals surface area contributed by atoms with E-state index in [-0.39, 0.29) is 5.91 Å². The highest BCUT2D eigenvalue weighted by Gasteiger charge is 2.09. The fourth-order valence-electron chi connectivity index (χ4n) is 1.65. The number of amides is 1. The molecule has 112 valence electrons. The largest absolute Gasteiger partial charge is 0.357 e. The highest BCUT2D eigenvalue weighted by Crippen LogP contribution is 1.95. The Balaban J connectivity index is 4.26. The molecule has 0 aromatic carbocycles. The van der Waals surface area contributed by atoms with Crippen molar-refractivity contribution in [1.82, 2.24) is 15.5 Å². The molecule has 2 N–H and O–H groups in total. The fourth-order valence-corrected chi connectivity index (χ4v) is 1.65. The maximum atomic E-state index is 11.8. The molecule has 5 nitrogen and oxygen atoms in total. The Morgan fingerprint density at radius 3 is 2.32 bits per heavy atom. The molecular weight excluding hydrogens is 240 g/mol. The molecule has 0 rings (SSSR count). The zero-order valence-electron chi connectivity index (χ0n) is 13.1. The number of aliphatic imine (C=N–C) groups is 1. The number of nitrogens with zero attached hydrogens (tertiary/aromatic N) is 2. The van der Waals surface area contributed by atoms with Crippen LogP contribution in [0.3, 0.4) is 0 Å². The first-order chi connectivity index (χ1) is 9.08. The van der Waals surface area contributed by atoms with Crippen molar-refractivity contribution in [3.05, 3.63) is 0 Å². The summed E-state index contributed by atoms with van der Waals surface area (Å²) in [4.78, 5) is 18.1. The van der Waals surface area contributed by atoms with Crippen molar-refractivity contribution >= 4 is 11.9 Å². The lowest BCUT2D eigenvalue weighted by Gasteiger charge is -2.18. The van der Waals surface area contributed by atoms with Crippen LogP contribution in [-0.4, -0.2) is 49.0 Å². The third-order valence-electron chi connectivity index (χ3n) is 3.05. The van der Waals surface area contributed by atoms with Crippen LogP contribution in [0.1, 0.15) is 47.5 Å². The number of rotatable bonds is 8. The summed E-state index contributed by atoms with van der Waals surface area (Å²) < 4.78 is 0. The van der Waals surface area contributed by atoms with Crippen LogP contribution in [0, 0.1) is 0 Å². The molecule has 0 spiro atoms. The van der Waals surface area contributed by atoms with E-state index in [0.717, 1.165) is 32.0 Å². The van der Waals surface area contributed by atoms with Crippen molar-refractivity contribution in [3.8, 4) is 0 Å². The Morgan fingerprint density at radius 2 is 1.84 bits per heavy atom. The standard InChI is InChI=1S/C14H30N4O/c1-6-12(5)17-14(15-7-2)16-11-10-13(19)18(8-3)9-4/h12H,6-11H2,1-5H3,(H2,15,16,17)/t12-/m0/s1. The van der Waals surface area contributed by atoms with Gasteiger partial charge in [-0.25, -0.2) is 0 Å². The smallest absolute Gasteiger partial charge is 0.224 e. The molecule has 0 unspecified atom stereocenters. The van der Waals surface area contributed by atoms with Crippen LogP contribution < -0.4 is 10.6 Å². The Hall–Kier alpha value is -1.26. The summed E-state index contributed by atoms with van der Waals surface area (Å²) in [6.45, 7) is 13.2. The molecule has 0 aliphatic heterocycles. The van der Waals surface area contributed by atoms with E-state index in [9.17, 15) is 4.79 Å². The first-order valence-corrected chi connectivity index (χ1v) is 7.41. The lowest BCUT2D eigenvalue weighted by molar-refractivity contribution is -0.130. The van der Waals surface area contributed by atoms with Gasteiger partial charge in [-0.2, -0.15) is 0 Å². The van der Waals surface area contributed by atoms with Gasteiger partial charge in [-0.05, 0) is 34.1 Å². The van der Waals surface area contributed by atoms with Crippen LogP contribution in [0.4, 0.5) is 0 Å². The molecule has 0 aliphatic carbocycles. The average Bonchev–Trinajstić information content (AvgIpc) is 2.40. The lowest BCUT2D eigenvalue weighted by atomic mass is 10.3. The van der Waals surface area contributed by atoms with Crippen LogP contribution in [0.5, 0.6) is 0 Å². The monoisotopic (exact) mass is 270 g/mol. The van der Waals surface area contributed by atoms with Gasteiger partial charge in [-0.15, -0.1) is 0 Å². The molecule has 0 aliphatic rings. The van der Waals surface area contributed by atoms with Gasteiger partial charge in [-0.1, -0.05) is 6.92 Å². The number of carbonyl (C=O) groups is 1. The zero-order valence-corrected chi connectivity index (χ0v) is 13.1. The van der Waals surface area contributed by atoms with Crippen LogP contribution in [0.25, 0.3) is 0 Å². The molecule has 0 fully saturated rings. The predicted octanol–water partition coefficient (Wildman–Crippen LogP) is 1.60. The first-order valence-electron chi connectivity index (χ1n) is 7.41. The Kier molecular flexibility index (Phi) is 9.94. The highest BCUT2D eigenvalue weighted by atomic mass is 16.2. The van der Waals surface area contributed by atoms with Crippen molar-refractivity contribution in [2.75, 3.05) is 26.2 Å². The zero-order chi connectivity index (χ0) is 14.7. The lowest BCUT2D eigenvalue weighted by Crippen LogP contribution is -2.42. The van der Waals surface area contributed by atoms with E-state index in [1.54, 1.807) is 0 Å². The maximum Gasteiger partial charge on any atom is 0.224 e. The summed E-state index contributed by atoms with van der Waals surface area (Å²) in [6, 6.07) is 0.385. The average molecular weight is 270 g/mol. The van der Waals surface area contributed by atoms with Crippen molar-refractivity contribution < 1.29 is 4.79 Å². The molecule has 0 radical (unpaired) electrons. The fraction of sp³-hybridized carbons (Fsp3) is 0.857. The third kappa shape index (κ3) is 7.70. The van der Waals surface area contributed by atoms with E-state index in [4.69, 9.17) is 0 Å². The van der Waals surface area contributed by atoms with Crippen molar-refractivity contribution in [2.45, 2.75) is 53.5 Å². The molecule has 0 heterocycles. The van der Waals surface area contributed by atoms with Gasteiger partial charge in [0.05, 0.1) is 6.54 Å². The molecule has 1 amide bonds. The van der Waals surface area contributed by atoms with Crippen LogP contribution in [0.15, 0.2) is 4.99 Å². The highest BCUT2D eigenvalue weighted by molar-refractivity contribution is 5.81. The Bertz CT molecular complexity index is 275. The minimum atomic E-state index is 0.174. The Morgan fingerprint density at radius 1 is 1.21 bits per heavy atom. The second kappa shape index (κ2) is 10.6. The van der Waals surface area contributed by atoms with E-state index in [1.807, 2.05) is 25.7 Å². The Labute approximate surface area is 117 Å². The van der Waals surface area contributed by atoms with Gasteiger partial charge in [0.15, 0.2) is 5.96 Å². The van der Waals surface area contributed by atoms with Gasteiger partial charge in [0, 0.05) is 32.1 Å². The summed E-state index contributed by atoms with van der Waals surface area (Å²) in [6.07, 6.45) is 1.52. The second-order valence-electron chi connectivity index (χ2n) is 4.53. The summed E-state index contributed by atoms with van der Waals surface area (Å²) in [5.41, 5.74) is 0. The minimum absolute atomic E-state index is 0.174. The minimum Gasteiger partial charge on any atom is -0.357 e.